The fourth-order valence-corrected chi connectivity index (χ4v) is 6.78. The van der Waals surface area contributed by atoms with Crippen molar-refractivity contribution in [3.05, 3.63) is 77.9 Å². The van der Waals surface area contributed by atoms with E-state index in [0.717, 1.165) is 6.08 Å². The Balaban J connectivity index is 1.88. The van der Waals surface area contributed by atoms with Crippen LogP contribution in [0.4, 0.5) is 0 Å². The minimum atomic E-state index is -3.93. The molecule has 1 aliphatic carbocycles. The number of carbonyl (C=O) groups excluding carboxylic acids is 3. The smallest absolute Gasteiger partial charge is 0.330 e. The SMILES string of the molecule is CCOC(=O)/C=C/[C@H]1[C@H](S(=O)(=O)c2ccccc2)CN(C)C12C(=O)c1ccccc1C2=O. The third-order valence-electron chi connectivity index (χ3n) is 6.24. The van der Waals surface area contributed by atoms with E-state index in [4.69, 9.17) is 4.74 Å². The molecule has 1 aliphatic heterocycles. The normalized spacial score (nSPS) is 22.6. The van der Waals surface area contributed by atoms with Crippen LogP contribution in [0.1, 0.15) is 27.6 Å². The largest absolute Gasteiger partial charge is 0.463 e. The van der Waals surface area contributed by atoms with Gasteiger partial charge in [-0.3, -0.25) is 14.5 Å². The van der Waals surface area contributed by atoms with E-state index in [1.807, 2.05) is 0 Å². The van der Waals surface area contributed by atoms with Gasteiger partial charge in [0.25, 0.3) is 0 Å². The monoisotopic (exact) mass is 453 g/mol. The second-order valence-corrected chi connectivity index (χ2v) is 10.1. The first-order valence-corrected chi connectivity index (χ1v) is 11.8. The van der Waals surface area contributed by atoms with E-state index in [9.17, 15) is 22.8 Å². The molecule has 8 heteroatoms. The zero-order valence-corrected chi connectivity index (χ0v) is 18.5. The molecular formula is C24H23NO6S. The molecule has 0 saturated carbocycles. The average molecular weight is 454 g/mol. The predicted octanol–water partition coefficient (Wildman–Crippen LogP) is 2.33. The van der Waals surface area contributed by atoms with Gasteiger partial charge >= 0.3 is 5.97 Å². The molecule has 32 heavy (non-hydrogen) atoms. The molecule has 1 fully saturated rings. The first kappa shape index (κ1) is 22.1. The first-order valence-electron chi connectivity index (χ1n) is 10.3. The molecule has 0 amide bonds. The van der Waals surface area contributed by atoms with Gasteiger partial charge in [0.2, 0.25) is 0 Å². The van der Waals surface area contributed by atoms with Crippen LogP contribution in [0.2, 0.25) is 0 Å². The number of esters is 1. The summed E-state index contributed by atoms with van der Waals surface area (Å²) in [6.45, 7) is 1.76. The summed E-state index contributed by atoms with van der Waals surface area (Å²) in [4.78, 5) is 40.9. The number of hydrogen-bond donors (Lipinski definition) is 0. The summed E-state index contributed by atoms with van der Waals surface area (Å²) in [5.74, 6) is -2.65. The van der Waals surface area contributed by atoms with Crippen molar-refractivity contribution in [2.24, 2.45) is 5.92 Å². The van der Waals surface area contributed by atoms with Gasteiger partial charge in [-0.25, -0.2) is 13.2 Å². The number of Topliss-reactive ketones (excluding diaryl/α,β-unsaturated/α-hetero) is 2. The van der Waals surface area contributed by atoms with Crippen LogP contribution in [0.5, 0.6) is 0 Å². The van der Waals surface area contributed by atoms with Crippen LogP contribution in [-0.2, 0) is 19.4 Å². The van der Waals surface area contributed by atoms with Crippen LogP contribution < -0.4 is 0 Å². The van der Waals surface area contributed by atoms with Crippen molar-refractivity contribution in [2.75, 3.05) is 20.2 Å². The van der Waals surface area contributed by atoms with Crippen LogP contribution in [0.3, 0.4) is 0 Å². The summed E-state index contributed by atoms with van der Waals surface area (Å²) < 4.78 is 32.1. The third kappa shape index (κ3) is 3.13. The molecule has 2 aromatic carbocycles. The van der Waals surface area contributed by atoms with Crippen molar-refractivity contribution in [3.63, 3.8) is 0 Å². The van der Waals surface area contributed by atoms with Crippen molar-refractivity contribution in [2.45, 2.75) is 22.6 Å². The average Bonchev–Trinajstić information content (AvgIpc) is 3.22. The molecule has 0 bridgehead atoms. The Morgan fingerprint density at radius 1 is 1.06 bits per heavy atom. The lowest BCUT2D eigenvalue weighted by atomic mass is 9.80. The van der Waals surface area contributed by atoms with E-state index in [1.165, 1.54) is 23.1 Å². The highest BCUT2D eigenvalue weighted by molar-refractivity contribution is 7.92. The number of fused-ring (bicyclic) bond motifs is 1. The first-order chi connectivity index (χ1) is 15.3. The Bertz CT molecular complexity index is 1180. The van der Waals surface area contributed by atoms with Crippen LogP contribution in [-0.4, -0.2) is 61.8 Å². The molecule has 4 rings (SSSR count). The molecule has 1 heterocycles. The van der Waals surface area contributed by atoms with Crippen molar-refractivity contribution in [1.29, 1.82) is 0 Å². The van der Waals surface area contributed by atoms with Crippen molar-refractivity contribution in [1.82, 2.24) is 4.90 Å². The van der Waals surface area contributed by atoms with Crippen molar-refractivity contribution >= 4 is 27.4 Å². The van der Waals surface area contributed by atoms with Gasteiger partial charge in [-0.15, -0.1) is 0 Å². The second kappa shape index (κ2) is 8.11. The van der Waals surface area contributed by atoms with Crippen molar-refractivity contribution < 1.29 is 27.5 Å². The predicted molar refractivity (Wildman–Crippen MR) is 117 cm³/mol. The summed E-state index contributed by atoms with van der Waals surface area (Å²) in [7, 11) is -2.35. The van der Waals surface area contributed by atoms with Crippen LogP contribution in [0.25, 0.3) is 0 Å². The molecule has 2 aliphatic rings. The van der Waals surface area contributed by atoms with E-state index >= 15 is 0 Å². The van der Waals surface area contributed by atoms with Gasteiger partial charge in [-0.1, -0.05) is 48.5 Å². The van der Waals surface area contributed by atoms with Crippen LogP contribution in [0.15, 0.2) is 71.6 Å². The number of rotatable bonds is 5. The summed E-state index contributed by atoms with van der Waals surface area (Å²) >= 11 is 0. The highest BCUT2D eigenvalue weighted by Gasteiger charge is 2.67. The Morgan fingerprint density at radius 3 is 2.19 bits per heavy atom. The van der Waals surface area contributed by atoms with Crippen LogP contribution >= 0.6 is 0 Å². The second-order valence-electron chi connectivity index (χ2n) is 7.88. The van der Waals surface area contributed by atoms with E-state index in [-0.39, 0.29) is 29.2 Å². The summed E-state index contributed by atoms with van der Waals surface area (Å²) in [5, 5.41) is -1.11. The summed E-state index contributed by atoms with van der Waals surface area (Å²) in [6, 6.07) is 14.4. The molecule has 7 nitrogen and oxygen atoms in total. The maximum absolute atomic E-state index is 13.6. The number of nitrogens with zero attached hydrogens (tertiary/aromatic N) is 1. The molecular weight excluding hydrogens is 430 g/mol. The Morgan fingerprint density at radius 2 is 1.62 bits per heavy atom. The number of benzene rings is 2. The number of ether oxygens (including phenoxy) is 1. The number of likely N-dealkylation sites (N-methyl/N-ethyl adjacent to an activating group) is 1. The van der Waals surface area contributed by atoms with E-state index < -0.39 is 44.1 Å². The molecule has 1 spiro atoms. The van der Waals surface area contributed by atoms with Gasteiger partial charge in [-0.05, 0) is 26.1 Å². The maximum atomic E-state index is 13.6. The van der Waals surface area contributed by atoms with Gasteiger partial charge in [0.05, 0.1) is 16.8 Å². The number of carbonyl (C=O) groups is 3. The highest BCUT2D eigenvalue weighted by Crippen LogP contribution is 2.48. The van der Waals surface area contributed by atoms with Gasteiger partial charge in [0.15, 0.2) is 26.9 Å². The molecule has 0 radical (unpaired) electrons. The number of sulfone groups is 1. The zero-order chi connectivity index (χ0) is 23.1. The maximum Gasteiger partial charge on any atom is 0.330 e. The molecule has 0 unspecified atom stereocenters. The van der Waals surface area contributed by atoms with E-state index in [0.29, 0.717) is 0 Å². The minimum absolute atomic E-state index is 0.0411. The van der Waals surface area contributed by atoms with Gasteiger partial charge in [0, 0.05) is 29.7 Å². The number of likely N-dealkylation sites (tertiary alicyclic amines) is 1. The fourth-order valence-electron chi connectivity index (χ4n) is 4.81. The summed E-state index contributed by atoms with van der Waals surface area (Å²) in [5.41, 5.74) is -1.22. The topological polar surface area (TPSA) is 97.8 Å². The quantitative estimate of drug-likeness (QED) is 0.389. The molecule has 166 valence electrons. The Kier molecular flexibility index (Phi) is 5.60. The van der Waals surface area contributed by atoms with Gasteiger partial charge in [-0.2, -0.15) is 0 Å². The van der Waals surface area contributed by atoms with E-state index in [1.54, 1.807) is 56.4 Å². The lowest BCUT2D eigenvalue weighted by molar-refractivity contribution is -0.137. The van der Waals surface area contributed by atoms with Gasteiger partial charge in [0.1, 0.15) is 0 Å². The van der Waals surface area contributed by atoms with Crippen molar-refractivity contribution in [3.8, 4) is 0 Å². The Labute approximate surface area is 186 Å². The molecule has 0 N–H and O–H groups in total. The lowest BCUT2D eigenvalue weighted by Crippen LogP contribution is -2.55. The fraction of sp³-hybridized carbons (Fsp3) is 0.292. The molecule has 2 atom stereocenters. The highest BCUT2D eigenvalue weighted by atomic mass is 32.2. The molecule has 0 aromatic heterocycles. The lowest BCUT2D eigenvalue weighted by Gasteiger charge is -2.32. The van der Waals surface area contributed by atoms with E-state index in [2.05, 4.69) is 0 Å². The Hall–Kier alpha value is -3.10. The molecule has 1 saturated heterocycles. The standard InChI is InChI=1S/C24H23NO6S/c1-3-31-21(26)14-13-19-20(32(29,30)16-9-5-4-6-10-16)15-25(2)24(19)22(27)17-11-7-8-12-18(17)23(24)28/h4-14,19-20H,3,15H2,1-2H3/b14-13+/t19-,20+/m0/s1. The zero-order valence-electron chi connectivity index (χ0n) is 17.7. The minimum Gasteiger partial charge on any atom is -0.463 e. The van der Waals surface area contributed by atoms with Crippen LogP contribution in [0, 0.1) is 5.92 Å². The summed E-state index contributed by atoms with van der Waals surface area (Å²) in [6.07, 6.45) is 2.47. The number of ketones is 2. The third-order valence-corrected chi connectivity index (χ3v) is 8.41. The number of hydrogen-bond acceptors (Lipinski definition) is 7. The van der Waals surface area contributed by atoms with Gasteiger partial charge < -0.3 is 4.74 Å². The molecule has 2 aromatic rings.